The van der Waals surface area contributed by atoms with Gasteiger partial charge in [0.25, 0.3) is 5.56 Å². The molecule has 0 saturated carbocycles. The molecular weight excluding hydrogens is 446 g/mol. The summed E-state index contributed by atoms with van der Waals surface area (Å²) in [6, 6.07) is 16.2. The predicted molar refractivity (Wildman–Crippen MR) is 130 cm³/mol. The molecule has 0 aliphatic rings. The van der Waals surface area contributed by atoms with Crippen molar-refractivity contribution in [2.24, 2.45) is 0 Å². The third kappa shape index (κ3) is 5.84. The van der Waals surface area contributed by atoms with Gasteiger partial charge >= 0.3 is 0 Å². The van der Waals surface area contributed by atoms with Crippen LogP contribution in [0.3, 0.4) is 0 Å². The highest BCUT2D eigenvalue weighted by Gasteiger charge is 2.14. The first-order valence-electron chi connectivity index (χ1n) is 10.1. The standard InChI is InChI=1S/C23H23N3O2S3/c27-20(24-12-4-8-17-6-2-1-3-7-17)16-31-23-25-19-11-15-30-21(19)22(28)26(23)13-10-18-9-5-14-29-18/h1-3,5-7,9,11,14-15H,4,8,10,12-13,16H2,(H,24,27). The summed E-state index contributed by atoms with van der Waals surface area (Å²) in [5.74, 6) is 0.203. The van der Waals surface area contributed by atoms with Gasteiger partial charge in [-0.1, -0.05) is 48.2 Å². The van der Waals surface area contributed by atoms with E-state index >= 15 is 0 Å². The first-order valence-corrected chi connectivity index (χ1v) is 12.9. The number of nitrogens with zero attached hydrogens (tertiary/aromatic N) is 2. The number of hydrogen-bond donors (Lipinski definition) is 1. The fourth-order valence-corrected chi connectivity index (χ4v) is 5.59. The summed E-state index contributed by atoms with van der Waals surface area (Å²) in [6.45, 7) is 1.19. The first kappa shape index (κ1) is 21.8. The molecule has 8 heteroatoms. The molecule has 0 unspecified atom stereocenters. The zero-order valence-electron chi connectivity index (χ0n) is 17.0. The second-order valence-electron chi connectivity index (χ2n) is 7.04. The molecule has 0 aliphatic heterocycles. The molecule has 31 heavy (non-hydrogen) atoms. The number of fused-ring (bicyclic) bond motifs is 1. The normalized spacial score (nSPS) is 11.1. The minimum absolute atomic E-state index is 0.0256. The Hall–Kier alpha value is -2.42. The summed E-state index contributed by atoms with van der Waals surface area (Å²) < 4.78 is 2.38. The summed E-state index contributed by atoms with van der Waals surface area (Å²) in [5.41, 5.74) is 1.95. The second kappa shape index (κ2) is 10.7. The van der Waals surface area contributed by atoms with Crippen LogP contribution in [0.1, 0.15) is 16.9 Å². The lowest BCUT2D eigenvalue weighted by Gasteiger charge is -2.11. The SMILES string of the molecule is O=C(CSc1nc2ccsc2c(=O)n1CCc1cccs1)NCCCc1ccccc1. The van der Waals surface area contributed by atoms with Gasteiger partial charge in [-0.3, -0.25) is 14.2 Å². The van der Waals surface area contributed by atoms with Crippen LogP contribution in [0.5, 0.6) is 0 Å². The molecule has 3 aromatic heterocycles. The van der Waals surface area contributed by atoms with E-state index in [0.717, 1.165) is 19.3 Å². The van der Waals surface area contributed by atoms with Crippen molar-refractivity contribution >= 4 is 50.6 Å². The van der Waals surface area contributed by atoms with Crippen LogP contribution < -0.4 is 10.9 Å². The van der Waals surface area contributed by atoms with Crippen molar-refractivity contribution in [1.82, 2.24) is 14.9 Å². The lowest BCUT2D eigenvalue weighted by atomic mass is 10.1. The fraction of sp³-hybridized carbons (Fsp3) is 0.261. The zero-order chi connectivity index (χ0) is 21.5. The largest absolute Gasteiger partial charge is 0.355 e. The van der Waals surface area contributed by atoms with Crippen molar-refractivity contribution in [3.63, 3.8) is 0 Å². The second-order valence-corrected chi connectivity index (χ2v) is 9.93. The molecule has 4 aromatic rings. The Morgan fingerprint density at radius 1 is 1.03 bits per heavy atom. The number of thioether (sulfide) groups is 1. The number of amides is 1. The summed E-state index contributed by atoms with van der Waals surface area (Å²) >= 11 is 4.42. The zero-order valence-corrected chi connectivity index (χ0v) is 19.4. The van der Waals surface area contributed by atoms with Gasteiger partial charge in [0.15, 0.2) is 5.16 Å². The highest BCUT2D eigenvalue weighted by molar-refractivity contribution is 7.99. The van der Waals surface area contributed by atoms with Crippen molar-refractivity contribution < 1.29 is 4.79 Å². The molecule has 3 heterocycles. The maximum atomic E-state index is 13.0. The molecule has 0 bridgehead atoms. The van der Waals surface area contributed by atoms with E-state index < -0.39 is 0 Å². The Balaban J connectivity index is 1.35. The van der Waals surface area contributed by atoms with Gasteiger partial charge in [-0.05, 0) is 47.7 Å². The fourth-order valence-electron chi connectivity index (χ4n) is 3.25. The number of thiophene rings is 2. The van der Waals surface area contributed by atoms with Gasteiger partial charge in [0, 0.05) is 18.0 Å². The first-order chi connectivity index (χ1) is 15.2. The Labute approximate surface area is 193 Å². The average Bonchev–Trinajstić information content (AvgIpc) is 3.47. The third-order valence-electron chi connectivity index (χ3n) is 4.83. The number of nitrogens with one attached hydrogen (secondary N) is 1. The number of aryl methyl sites for hydroxylation is 2. The lowest BCUT2D eigenvalue weighted by Crippen LogP contribution is -2.28. The number of hydrogen-bond acceptors (Lipinski definition) is 6. The molecule has 0 atom stereocenters. The van der Waals surface area contributed by atoms with E-state index in [-0.39, 0.29) is 17.2 Å². The molecule has 1 amide bonds. The molecule has 0 fully saturated rings. The highest BCUT2D eigenvalue weighted by atomic mass is 32.2. The predicted octanol–water partition coefficient (Wildman–Crippen LogP) is 4.60. The number of rotatable bonds is 10. The molecule has 160 valence electrons. The van der Waals surface area contributed by atoms with Gasteiger partial charge in [0.1, 0.15) is 4.70 Å². The van der Waals surface area contributed by atoms with Crippen LogP contribution in [-0.4, -0.2) is 27.8 Å². The Kier molecular flexibility index (Phi) is 7.56. The molecule has 0 aliphatic carbocycles. The van der Waals surface area contributed by atoms with Crippen LogP contribution in [0.4, 0.5) is 0 Å². The molecule has 4 rings (SSSR count). The van der Waals surface area contributed by atoms with E-state index in [2.05, 4.69) is 28.5 Å². The Bertz CT molecular complexity index is 1180. The molecule has 1 N–H and O–H groups in total. The summed E-state index contributed by atoms with van der Waals surface area (Å²) in [5, 5.41) is 7.50. The van der Waals surface area contributed by atoms with Gasteiger partial charge in [-0.2, -0.15) is 0 Å². The lowest BCUT2D eigenvalue weighted by molar-refractivity contribution is -0.118. The summed E-state index contributed by atoms with van der Waals surface area (Å²) in [4.78, 5) is 31.2. The minimum Gasteiger partial charge on any atom is -0.355 e. The van der Waals surface area contributed by atoms with Crippen molar-refractivity contribution in [2.75, 3.05) is 12.3 Å². The Morgan fingerprint density at radius 3 is 2.71 bits per heavy atom. The van der Waals surface area contributed by atoms with Crippen LogP contribution in [-0.2, 0) is 24.2 Å². The highest BCUT2D eigenvalue weighted by Crippen LogP contribution is 2.21. The summed E-state index contributed by atoms with van der Waals surface area (Å²) in [6.07, 6.45) is 2.60. The monoisotopic (exact) mass is 469 g/mol. The van der Waals surface area contributed by atoms with Gasteiger partial charge in [-0.15, -0.1) is 22.7 Å². The van der Waals surface area contributed by atoms with Crippen LogP contribution in [0.15, 0.2) is 69.2 Å². The topological polar surface area (TPSA) is 64.0 Å². The third-order valence-corrected chi connectivity index (χ3v) is 7.64. The maximum Gasteiger partial charge on any atom is 0.272 e. The van der Waals surface area contributed by atoms with Crippen molar-refractivity contribution in [1.29, 1.82) is 0 Å². The van der Waals surface area contributed by atoms with Crippen molar-refractivity contribution in [2.45, 2.75) is 31.0 Å². The van der Waals surface area contributed by atoms with Gasteiger partial charge in [0.2, 0.25) is 5.91 Å². The number of benzene rings is 1. The molecular formula is C23H23N3O2S3. The van der Waals surface area contributed by atoms with E-state index in [1.165, 1.54) is 33.5 Å². The van der Waals surface area contributed by atoms with Gasteiger partial charge in [-0.25, -0.2) is 4.98 Å². The van der Waals surface area contributed by atoms with Crippen molar-refractivity contribution in [3.8, 4) is 0 Å². The van der Waals surface area contributed by atoms with Crippen LogP contribution >= 0.6 is 34.4 Å². The quantitative estimate of drug-likeness (QED) is 0.209. The summed E-state index contributed by atoms with van der Waals surface area (Å²) in [7, 11) is 0. The van der Waals surface area contributed by atoms with E-state index in [1.807, 2.05) is 41.1 Å². The van der Waals surface area contributed by atoms with Gasteiger partial charge in [0.05, 0.1) is 11.3 Å². The van der Waals surface area contributed by atoms with E-state index in [1.54, 1.807) is 15.9 Å². The Morgan fingerprint density at radius 2 is 1.90 bits per heavy atom. The molecule has 1 aromatic carbocycles. The average molecular weight is 470 g/mol. The molecule has 0 radical (unpaired) electrons. The minimum atomic E-state index is -0.0393. The number of carbonyl (C=O) groups excluding carboxylic acids is 1. The van der Waals surface area contributed by atoms with Crippen LogP contribution in [0, 0.1) is 0 Å². The van der Waals surface area contributed by atoms with E-state index in [9.17, 15) is 9.59 Å². The molecule has 0 saturated heterocycles. The van der Waals surface area contributed by atoms with E-state index in [0.29, 0.717) is 28.5 Å². The van der Waals surface area contributed by atoms with Crippen LogP contribution in [0.25, 0.3) is 10.2 Å². The molecule has 5 nitrogen and oxygen atoms in total. The molecule has 0 spiro atoms. The van der Waals surface area contributed by atoms with Crippen molar-refractivity contribution in [3.05, 3.63) is 80.1 Å². The smallest absolute Gasteiger partial charge is 0.272 e. The van der Waals surface area contributed by atoms with Crippen LogP contribution in [0.2, 0.25) is 0 Å². The number of carbonyl (C=O) groups is 1. The van der Waals surface area contributed by atoms with E-state index in [4.69, 9.17) is 0 Å². The maximum absolute atomic E-state index is 13.0. The van der Waals surface area contributed by atoms with Gasteiger partial charge < -0.3 is 5.32 Å². The number of aromatic nitrogens is 2.